The summed E-state index contributed by atoms with van der Waals surface area (Å²) in [6.45, 7) is 6.09. The lowest BCUT2D eigenvalue weighted by molar-refractivity contribution is -0.120. The molecule has 0 aromatic heterocycles. The van der Waals surface area contributed by atoms with E-state index in [0.29, 0.717) is 13.0 Å². The van der Waals surface area contributed by atoms with Crippen LogP contribution in [0.5, 0.6) is 0 Å². The third kappa shape index (κ3) is 8.67. The summed E-state index contributed by atoms with van der Waals surface area (Å²) in [4.78, 5) is 11.2. The van der Waals surface area contributed by atoms with Gasteiger partial charge in [-0.15, -0.1) is 0 Å². The first kappa shape index (κ1) is 15.4. The van der Waals surface area contributed by atoms with E-state index in [9.17, 15) is 13.2 Å². The molecule has 0 spiro atoms. The normalized spacial score (nSPS) is 11.8. The summed E-state index contributed by atoms with van der Waals surface area (Å²) in [7, 11) is -2.95. The van der Waals surface area contributed by atoms with Gasteiger partial charge in [0.15, 0.2) is 9.84 Å². The van der Waals surface area contributed by atoms with Gasteiger partial charge < -0.3 is 10.6 Å². The molecule has 5 nitrogen and oxygen atoms in total. The number of sulfone groups is 1. The van der Waals surface area contributed by atoms with Gasteiger partial charge in [0.25, 0.3) is 0 Å². The van der Waals surface area contributed by atoms with Crippen LogP contribution in [0, 0.1) is 0 Å². The molecule has 0 rings (SSSR count). The first-order valence-corrected chi connectivity index (χ1v) is 7.40. The Labute approximate surface area is 97.9 Å². The second-order valence-corrected chi connectivity index (χ2v) is 6.35. The number of rotatable bonds is 8. The predicted molar refractivity (Wildman–Crippen MR) is 65.1 cm³/mol. The minimum absolute atomic E-state index is 0.0931. The van der Waals surface area contributed by atoms with Gasteiger partial charge in [0.05, 0.1) is 12.3 Å². The zero-order chi connectivity index (χ0) is 12.6. The zero-order valence-corrected chi connectivity index (χ0v) is 11.1. The van der Waals surface area contributed by atoms with Crippen molar-refractivity contribution < 1.29 is 13.2 Å². The van der Waals surface area contributed by atoms with Gasteiger partial charge in [-0.3, -0.25) is 4.79 Å². The fraction of sp³-hybridized carbons (Fsp3) is 0.900. The first-order valence-electron chi connectivity index (χ1n) is 5.58. The van der Waals surface area contributed by atoms with Crippen LogP contribution in [0.25, 0.3) is 0 Å². The molecule has 0 saturated carbocycles. The third-order valence-electron chi connectivity index (χ3n) is 1.84. The minimum Gasteiger partial charge on any atom is -0.353 e. The number of hydrogen-bond acceptors (Lipinski definition) is 4. The fourth-order valence-electron chi connectivity index (χ4n) is 1.22. The molecule has 0 heterocycles. The van der Waals surface area contributed by atoms with Crippen LogP contribution in [0.4, 0.5) is 0 Å². The van der Waals surface area contributed by atoms with Gasteiger partial charge in [0.1, 0.15) is 0 Å². The van der Waals surface area contributed by atoms with Crippen LogP contribution in [0.15, 0.2) is 0 Å². The van der Waals surface area contributed by atoms with E-state index >= 15 is 0 Å². The average Bonchev–Trinajstić information content (AvgIpc) is 2.11. The summed E-state index contributed by atoms with van der Waals surface area (Å²) >= 11 is 0. The Balaban J connectivity index is 3.64. The highest BCUT2D eigenvalue weighted by Gasteiger charge is 2.09. The summed E-state index contributed by atoms with van der Waals surface area (Å²) in [5.41, 5.74) is 0. The topological polar surface area (TPSA) is 75.3 Å². The number of carbonyl (C=O) groups is 1. The van der Waals surface area contributed by atoms with Gasteiger partial charge in [0, 0.05) is 18.3 Å². The molecule has 0 fully saturated rings. The highest BCUT2D eigenvalue weighted by molar-refractivity contribution is 7.91. The van der Waals surface area contributed by atoms with E-state index < -0.39 is 9.84 Å². The van der Waals surface area contributed by atoms with Gasteiger partial charge in [-0.25, -0.2) is 8.42 Å². The second kappa shape index (κ2) is 7.62. The van der Waals surface area contributed by atoms with E-state index in [4.69, 9.17) is 0 Å². The Kier molecular flexibility index (Phi) is 7.33. The quantitative estimate of drug-likeness (QED) is 0.591. The molecule has 96 valence electrons. The summed E-state index contributed by atoms with van der Waals surface area (Å²) in [5.74, 6) is 0.200. The average molecular weight is 250 g/mol. The van der Waals surface area contributed by atoms with Crippen LogP contribution in [0.2, 0.25) is 0 Å². The first-order chi connectivity index (χ1) is 7.37. The maximum Gasteiger partial charge on any atom is 0.234 e. The predicted octanol–water partition coefficient (Wildman–Crippen LogP) is -0.0746. The van der Waals surface area contributed by atoms with Crippen molar-refractivity contribution in [2.75, 3.05) is 24.6 Å². The molecule has 0 aromatic rings. The third-order valence-corrected chi connectivity index (χ3v) is 3.70. The van der Waals surface area contributed by atoms with Crippen molar-refractivity contribution in [2.45, 2.75) is 33.2 Å². The monoisotopic (exact) mass is 250 g/mol. The van der Waals surface area contributed by atoms with Crippen LogP contribution in [0.1, 0.15) is 27.2 Å². The molecule has 0 saturated heterocycles. The van der Waals surface area contributed by atoms with Crippen molar-refractivity contribution in [1.29, 1.82) is 0 Å². The Bertz CT molecular complexity index is 299. The van der Waals surface area contributed by atoms with Crippen LogP contribution in [-0.4, -0.2) is 45.0 Å². The number of amides is 1. The lowest BCUT2D eigenvalue weighted by Gasteiger charge is -2.09. The number of carbonyl (C=O) groups excluding carboxylic acids is 1. The molecule has 16 heavy (non-hydrogen) atoms. The molecule has 0 aliphatic rings. The van der Waals surface area contributed by atoms with Crippen molar-refractivity contribution in [3.8, 4) is 0 Å². The minimum atomic E-state index is -2.95. The van der Waals surface area contributed by atoms with Gasteiger partial charge in [0.2, 0.25) is 5.91 Å². The maximum atomic E-state index is 11.3. The summed E-state index contributed by atoms with van der Waals surface area (Å²) in [5, 5.41) is 5.53. The van der Waals surface area contributed by atoms with E-state index in [0.717, 1.165) is 0 Å². The Hall–Kier alpha value is -0.620. The van der Waals surface area contributed by atoms with Gasteiger partial charge in [-0.2, -0.15) is 0 Å². The summed E-state index contributed by atoms with van der Waals surface area (Å²) in [6, 6.07) is 0.109. The molecule has 2 N–H and O–H groups in total. The molecule has 0 aliphatic heterocycles. The van der Waals surface area contributed by atoms with Crippen molar-refractivity contribution in [2.24, 2.45) is 0 Å². The van der Waals surface area contributed by atoms with Crippen molar-refractivity contribution >= 4 is 15.7 Å². The summed E-state index contributed by atoms with van der Waals surface area (Å²) < 4.78 is 22.6. The van der Waals surface area contributed by atoms with Gasteiger partial charge in [-0.1, -0.05) is 6.92 Å². The van der Waals surface area contributed by atoms with E-state index in [2.05, 4.69) is 10.6 Å². The molecule has 0 atom stereocenters. The highest BCUT2D eigenvalue weighted by Crippen LogP contribution is 1.91. The highest BCUT2D eigenvalue weighted by atomic mass is 32.2. The van der Waals surface area contributed by atoms with Gasteiger partial charge in [-0.05, 0) is 20.3 Å². The lowest BCUT2D eigenvalue weighted by atomic mass is 10.4. The van der Waals surface area contributed by atoms with E-state index in [1.54, 1.807) is 0 Å². The Morgan fingerprint density at radius 1 is 1.25 bits per heavy atom. The molecular weight excluding hydrogens is 228 g/mol. The van der Waals surface area contributed by atoms with Crippen molar-refractivity contribution in [1.82, 2.24) is 10.6 Å². The largest absolute Gasteiger partial charge is 0.353 e. The van der Waals surface area contributed by atoms with Crippen LogP contribution >= 0.6 is 0 Å². The van der Waals surface area contributed by atoms with Gasteiger partial charge >= 0.3 is 0 Å². The Morgan fingerprint density at radius 3 is 2.38 bits per heavy atom. The molecule has 0 aromatic carbocycles. The second-order valence-electron chi connectivity index (χ2n) is 4.05. The van der Waals surface area contributed by atoms with Crippen molar-refractivity contribution in [3.63, 3.8) is 0 Å². The smallest absolute Gasteiger partial charge is 0.234 e. The molecule has 1 amide bonds. The molecule has 0 aliphatic carbocycles. The molecule has 0 unspecified atom stereocenters. The molecular formula is C10H22N2O3S. The lowest BCUT2D eigenvalue weighted by Crippen LogP contribution is -2.39. The number of hydrogen-bond donors (Lipinski definition) is 2. The summed E-state index contributed by atoms with van der Waals surface area (Å²) in [6.07, 6.45) is 0.635. The van der Waals surface area contributed by atoms with Crippen molar-refractivity contribution in [3.05, 3.63) is 0 Å². The van der Waals surface area contributed by atoms with E-state index in [1.165, 1.54) is 0 Å². The fourth-order valence-corrected chi connectivity index (χ4v) is 2.50. The number of nitrogens with one attached hydrogen (secondary N) is 2. The van der Waals surface area contributed by atoms with E-state index in [-0.39, 0.29) is 30.0 Å². The van der Waals surface area contributed by atoms with Crippen LogP contribution in [0.3, 0.4) is 0 Å². The van der Waals surface area contributed by atoms with Crippen LogP contribution in [-0.2, 0) is 14.6 Å². The maximum absolute atomic E-state index is 11.3. The molecule has 6 heteroatoms. The molecule has 0 radical (unpaired) electrons. The standard InChI is InChI=1S/C10H22N2O3S/c1-4-6-16(14,15)7-5-11-8-10(13)12-9(2)3/h9,11H,4-8H2,1-3H3,(H,12,13). The van der Waals surface area contributed by atoms with Crippen LogP contribution < -0.4 is 10.6 Å². The van der Waals surface area contributed by atoms with E-state index in [1.807, 2.05) is 20.8 Å². The molecule has 0 bridgehead atoms. The Morgan fingerprint density at radius 2 is 1.88 bits per heavy atom. The zero-order valence-electron chi connectivity index (χ0n) is 10.2. The SMILES string of the molecule is CCCS(=O)(=O)CCNCC(=O)NC(C)C.